The number of halogens is 1. The summed E-state index contributed by atoms with van der Waals surface area (Å²) in [7, 11) is 0. The number of carbonyl (C=O) groups excluding carboxylic acids is 1. The third-order valence-electron chi connectivity index (χ3n) is 3.66. The molecule has 3 rings (SSSR count). The molecule has 1 aliphatic rings. The molecule has 0 saturated heterocycles. The van der Waals surface area contributed by atoms with E-state index in [1.807, 2.05) is 12.1 Å². The molecule has 0 aliphatic carbocycles. The molecule has 0 unspecified atom stereocenters. The molecule has 0 spiro atoms. The van der Waals surface area contributed by atoms with Crippen LogP contribution in [0, 0.1) is 0 Å². The maximum atomic E-state index is 12.2. The van der Waals surface area contributed by atoms with Gasteiger partial charge in [0.2, 0.25) is 0 Å². The van der Waals surface area contributed by atoms with Crippen molar-refractivity contribution in [1.82, 2.24) is 5.32 Å². The van der Waals surface area contributed by atoms with Crippen LogP contribution in [-0.2, 0) is 11.2 Å². The number of benzene rings is 2. The van der Waals surface area contributed by atoms with Gasteiger partial charge >= 0.3 is 0 Å². The van der Waals surface area contributed by atoms with Gasteiger partial charge in [-0.05, 0) is 29.7 Å². The lowest BCUT2D eigenvalue weighted by Crippen LogP contribution is -2.32. The SMILES string of the molecule is O=C(NC[C@H]1OCCc2ccccc21)c1ccccc1Cl. The summed E-state index contributed by atoms with van der Waals surface area (Å²) < 4.78 is 5.77. The maximum Gasteiger partial charge on any atom is 0.252 e. The van der Waals surface area contributed by atoms with E-state index in [0.29, 0.717) is 23.7 Å². The van der Waals surface area contributed by atoms with Crippen molar-refractivity contribution in [2.24, 2.45) is 0 Å². The number of rotatable bonds is 3. The van der Waals surface area contributed by atoms with Crippen LogP contribution in [0.15, 0.2) is 48.5 Å². The van der Waals surface area contributed by atoms with Crippen molar-refractivity contribution in [3.63, 3.8) is 0 Å². The summed E-state index contributed by atoms with van der Waals surface area (Å²) in [5, 5.41) is 3.36. The smallest absolute Gasteiger partial charge is 0.252 e. The quantitative estimate of drug-likeness (QED) is 0.944. The molecule has 1 heterocycles. The van der Waals surface area contributed by atoms with Crippen molar-refractivity contribution in [2.75, 3.05) is 13.2 Å². The van der Waals surface area contributed by atoms with Gasteiger partial charge in [-0.1, -0.05) is 48.0 Å². The highest BCUT2D eigenvalue weighted by Crippen LogP contribution is 2.26. The van der Waals surface area contributed by atoms with Gasteiger partial charge in [0.15, 0.2) is 0 Å². The summed E-state index contributed by atoms with van der Waals surface area (Å²) >= 11 is 6.03. The first kappa shape index (κ1) is 14.1. The Labute approximate surface area is 128 Å². The molecular weight excluding hydrogens is 286 g/mol. The molecular formula is C17H16ClNO2. The minimum absolute atomic E-state index is 0.0959. The first-order valence-corrected chi connectivity index (χ1v) is 7.35. The van der Waals surface area contributed by atoms with Crippen LogP contribution in [0.3, 0.4) is 0 Å². The Kier molecular flexibility index (Phi) is 4.23. The van der Waals surface area contributed by atoms with Gasteiger partial charge in [-0.15, -0.1) is 0 Å². The highest BCUT2D eigenvalue weighted by atomic mass is 35.5. The molecule has 4 heteroatoms. The van der Waals surface area contributed by atoms with Gasteiger partial charge in [0.1, 0.15) is 6.10 Å². The van der Waals surface area contributed by atoms with Crippen LogP contribution in [0.1, 0.15) is 27.6 Å². The van der Waals surface area contributed by atoms with Crippen molar-refractivity contribution in [3.05, 3.63) is 70.2 Å². The van der Waals surface area contributed by atoms with Crippen LogP contribution in [0.2, 0.25) is 5.02 Å². The number of carbonyl (C=O) groups is 1. The van der Waals surface area contributed by atoms with E-state index in [4.69, 9.17) is 16.3 Å². The van der Waals surface area contributed by atoms with Crippen LogP contribution in [0.25, 0.3) is 0 Å². The first-order chi connectivity index (χ1) is 10.3. The van der Waals surface area contributed by atoms with Crippen LogP contribution in [-0.4, -0.2) is 19.1 Å². The average molecular weight is 302 g/mol. The maximum absolute atomic E-state index is 12.2. The number of hydrogen-bond donors (Lipinski definition) is 1. The Morgan fingerprint density at radius 3 is 2.81 bits per heavy atom. The van der Waals surface area contributed by atoms with E-state index in [1.54, 1.807) is 24.3 Å². The Morgan fingerprint density at radius 1 is 1.19 bits per heavy atom. The fraction of sp³-hybridized carbons (Fsp3) is 0.235. The van der Waals surface area contributed by atoms with Gasteiger partial charge in [0.25, 0.3) is 5.91 Å². The predicted molar refractivity (Wildman–Crippen MR) is 82.6 cm³/mol. The molecule has 1 atom stereocenters. The fourth-order valence-corrected chi connectivity index (χ4v) is 2.79. The van der Waals surface area contributed by atoms with Crippen molar-refractivity contribution in [1.29, 1.82) is 0 Å². The van der Waals surface area contributed by atoms with Gasteiger partial charge < -0.3 is 10.1 Å². The topological polar surface area (TPSA) is 38.3 Å². The van der Waals surface area contributed by atoms with Crippen molar-refractivity contribution >= 4 is 17.5 Å². The van der Waals surface area contributed by atoms with Gasteiger partial charge in [0.05, 0.1) is 17.2 Å². The highest BCUT2D eigenvalue weighted by molar-refractivity contribution is 6.33. The molecule has 0 radical (unpaired) electrons. The summed E-state index contributed by atoms with van der Waals surface area (Å²) in [6, 6.07) is 15.2. The van der Waals surface area contributed by atoms with E-state index < -0.39 is 0 Å². The second-order valence-corrected chi connectivity index (χ2v) is 5.41. The minimum atomic E-state index is -0.174. The Morgan fingerprint density at radius 2 is 1.95 bits per heavy atom. The Bertz CT molecular complexity index is 657. The monoisotopic (exact) mass is 301 g/mol. The average Bonchev–Trinajstić information content (AvgIpc) is 2.53. The Hall–Kier alpha value is -1.84. The summed E-state index contributed by atoms with van der Waals surface area (Å²) in [5.41, 5.74) is 2.94. The van der Waals surface area contributed by atoms with Crippen LogP contribution in [0.5, 0.6) is 0 Å². The lowest BCUT2D eigenvalue weighted by Gasteiger charge is -2.26. The van der Waals surface area contributed by atoms with Crippen LogP contribution in [0.4, 0.5) is 0 Å². The lowest BCUT2D eigenvalue weighted by molar-refractivity contribution is 0.0411. The molecule has 1 aliphatic heterocycles. The molecule has 1 N–H and O–H groups in total. The van der Waals surface area contributed by atoms with Gasteiger partial charge in [0, 0.05) is 6.54 Å². The molecule has 0 saturated carbocycles. The number of ether oxygens (including phenoxy) is 1. The minimum Gasteiger partial charge on any atom is -0.371 e. The van der Waals surface area contributed by atoms with Crippen molar-refractivity contribution < 1.29 is 9.53 Å². The molecule has 0 fully saturated rings. The highest BCUT2D eigenvalue weighted by Gasteiger charge is 2.21. The van der Waals surface area contributed by atoms with Gasteiger partial charge in [-0.2, -0.15) is 0 Å². The number of amides is 1. The third-order valence-corrected chi connectivity index (χ3v) is 3.99. The molecule has 1 amide bonds. The van der Waals surface area contributed by atoms with E-state index in [-0.39, 0.29) is 12.0 Å². The standard InChI is InChI=1S/C17H16ClNO2/c18-15-8-4-3-7-14(15)17(20)19-11-16-13-6-2-1-5-12(13)9-10-21-16/h1-8,16H,9-11H2,(H,19,20)/t16-/m1/s1. The number of fused-ring (bicyclic) bond motifs is 1. The third kappa shape index (κ3) is 3.09. The van der Waals surface area contributed by atoms with E-state index in [2.05, 4.69) is 17.4 Å². The molecule has 3 nitrogen and oxygen atoms in total. The predicted octanol–water partition coefficient (Wildman–Crippen LogP) is 3.38. The number of nitrogens with one attached hydrogen (secondary N) is 1. The summed E-state index contributed by atoms with van der Waals surface area (Å²) in [5.74, 6) is -0.174. The van der Waals surface area contributed by atoms with E-state index >= 15 is 0 Å². The molecule has 0 bridgehead atoms. The first-order valence-electron chi connectivity index (χ1n) is 6.98. The van der Waals surface area contributed by atoms with Crippen molar-refractivity contribution in [2.45, 2.75) is 12.5 Å². The van der Waals surface area contributed by atoms with E-state index in [1.165, 1.54) is 5.56 Å². The summed E-state index contributed by atoms with van der Waals surface area (Å²) in [6.45, 7) is 1.13. The summed E-state index contributed by atoms with van der Waals surface area (Å²) in [6.07, 6.45) is 0.826. The number of hydrogen-bond acceptors (Lipinski definition) is 2. The largest absolute Gasteiger partial charge is 0.371 e. The van der Waals surface area contributed by atoms with Crippen LogP contribution < -0.4 is 5.32 Å². The molecule has 2 aromatic rings. The van der Waals surface area contributed by atoms with Crippen LogP contribution >= 0.6 is 11.6 Å². The summed E-state index contributed by atoms with van der Waals surface area (Å²) in [4.78, 5) is 12.2. The Balaban J connectivity index is 1.69. The zero-order chi connectivity index (χ0) is 14.7. The van der Waals surface area contributed by atoms with E-state index in [0.717, 1.165) is 12.0 Å². The zero-order valence-corrected chi connectivity index (χ0v) is 12.3. The second kappa shape index (κ2) is 6.29. The lowest BCUT2D eigenvalue weighted by atomic mass is 9.97. The molecule has 0 aromatic heterocycles. The molecule has 21 heavy (non-hydrogen) atoms. The normalized spacial score (nSPS) is 17.1. The zero-order valence-electron chi connectivity index (χ0n) is 11.5. The van der Waals surface area contributed by atoms with Crippen molar-refractivity contribution in [3.8, 4) is 0 Å². The van der Waals surface area contributed by atoms with Gasteiger partial charge in [-0.3, -0.25) is 4.79 Å². The van der Waals surface area contributed by atoms with Gasteiger partial charge in [-0.25, -0.2) is 0 Å². The van der Waals surface area contributed by atoms with E-state index in [9.17, 15) is 4.79 Å². The second-order valence-electron chi connectivity index (χ2n) is 5.00. The molecule has 108 valence electrons. The molecule has 2 aromatic carbocycles. The fourth-order valence-electron chi connectivity index (χ4n) is 2.57.